The van der Waals surface area contributed by atoms with Crippen LogP contribution in [0.3, 0.4) is 0 Å². The highest BCUT2D eigenvalue weighted by molar-refractivity contribution is 5.91. The van der Waals surface area contributed by atoms with E-state index in [-0.39, 0.29) is 24.7 Å². The average Bonchev–Trinajstić information content (AvgIpc) is 2.65. The third-order valence-corrected chi connectivity index (χ3v) is 3.96. The molecule has 0 bridgehead atoms. The molecule has 7 heteroatoms. The molecule has 26 heavy (non-hydrogen) atoms. The Bertz CT molecular complexity index is 667. The maximum atomic E-state index is 11.9. The van der Waals surface area contributed by atoms with Gasteiger partial charge in [-0.2, -0.15) is 0 Å². The summed E-state index contributed by atoms with van der Waals surface area (Å²) in [4.78, 5) is 34.3. The number of amides is 2. The van der Waals surface area contributed by atoms with Gasteiger partial charge >= 0.3 is 5.97 Å². The zero-order chi connectivity index (χ0) is 18.8. The van der Waals surface area contributed by atoms with Crippen LogP contribution in [0.2, 0.25) is 0 Å². The van der Waals surface area contributed by atoms with E-state index in [0.29, 0.717) is 12.3 Å². The summed E-state index contributed by atoms with van der Waals surface area (Å²) in [6.07, 6.45) is 7.75. The summed E-state index contributed by atoms with van der Waals surface area (Å²) >= 11 is 0. The number of benzene rings is 1. The molecule has 2 amide bonds. The van der Waals surface area contributed by atoms with Crippen LogP contribution in [0.4, 0.5) is 0 Å². The Morgan fingerprint density at radius 3 is 2.50 bits per heavy atom. The van der Waals surface area contributed by atoms with Crippen LogP contribution in [0.1, 0.15) is 42.5 Å². The molecular formula is C19H24N2O5. The number of rotatable bonds is 9. The van der Waals surface area contributed by atoms with Gasteiger partial charge in [-0.1, -0.05) is 11.6 Å². The van der Waals surface area contributed by atoms with Gasteiger partial charge in [0.15, 0.2) is 13.2 Å². The zero-order valence-corrected chi connectivity index (χ0v) is 14.7. The van der Waals surface area contributed by atoms with Crippen LogP contribution < -0.4 is 15.8 Å². The van der Waals surface area contributed by atoms with E-state index in [9.17, 15) is 14.4 Å². The number of hydrogen-bond donors (Lipinski definition) is 2. The van der Waals surface area contributed by atoms with Crippen molar-refractivity contribution in [2.75, 3.05) is 19.8 Å². The second-order valence-corrected chi connectivity index (χ2v) is 6.06. The summed E-state index contributed by atoms with van der Waals surface area (Å²) in [5, 5.41) is 2.75. The molecule has 0 saturated carbocycles. The van der Waals surface area contributed by atoms with Crippen molar-refractivity contribution < 1.29 is 23.9 Å². The molecule has 0 spiro atoms. The van der Waals surface area contributed by atoms with Crippen molar-refractivity contribution in [2.24, 2.45) is 5.73 Å². The Kier molecular flexibility index (Phi) is 7.67. The van der Waals surface area contributed by atoms with Crippen LogP contribution in [-0.4, -0.2) is 37.5 Å². The minimum absolute atomic E-state index is 0.235. The topological polar surface area (TPSA) is 108 Å². The molecule has 0 aliphatic heterocycles. The second kappa shape index (κ2) is 10.2. The minimum Gasteiger partial charge on any atom is -0.484 e. The van der Waals surface area contributed by atoms with Gasteiger partial charge in [-0.25, -0.2) is 4.79 Å². The molecule has 0 aromatic heterocycles. The number of hydrogen-bond acceptors (Lipinski definition) is 5. The van der Waals surface area contributed by atoms with Gasteiger partial charge in [0.05, 0.1) is 5.56 Å². The first-order valence-electron chi connectivity index (χ1n) is 8.67. The molecule has 3 N–H and O–H groups in total. The van der Waals surface area contributed by atoms with Crippen LogP contribution in [-0.2, 0) is 14.3 Å². The number of nitrogens with two attached hydrogens (primary N) is 1. The summed E-state index contributed by atoms with van der Waals surface area (Å²) in [5.74, 6) is -1.10. The van der Waals surface area contributed by atoms with Gasteiger partial charge < -0.3 is 20.5 Å². The van der Waals surface area contributed by atoms with E-state index < -0.39 is 11.9 Å². The molecule has 1 aromatic carbocycles. The molecule has 140 valence electrons. The van der Waals surface area contributed by atoms with Crippen molar-refractivity contribution in [2.45, 2.75) is 32.1 Å². The van der Waals surface area contributed by atoms with Crippen molar-refractivity contribution in [3.63, 3.8) is 0 Å². The molecule has 0 saturated heterocycles. The number of allylic oxidation sites excluding steroid dienone is 1. The Hall–Kier alpha value is -2.83. The number of carbonyl (C=O) groups excluding carboxylic acids is 3. The summed E-state index contributed by atoms with van der Waals surface area (Å²) in [6.45, 7) is -0.00715. The normalized spacial score (nSPS) is 13.5. The van der Waals surface area contributed by atoms with Crippen molar-refractivity contribution in [1.29, 1.82) is 0 Å². The summed E-state index contributed by atoms with van der Waals surface area (Å²) in [5.41, 5.74) is 6.65. The van der Waals surface area contributed by atoms with Crippen molar-refractivity contribution in [3.05, 3.63) is 41.5 Å². The standard InChI is InChI=1S/C19H24N2O5/c20-17(22)12-25-16-8-6-15(7-9-16)19(24)26-13-18(23)21-11-10-14-4-2-1-3-5-14/h4,6-9H,1-3,5,10-13H2,(H2,20,22)(H,21,23). The highest BCUT2D eigenvalue weighted by atomic mass is 16.5. The Labute approximate surface area is 152 Å². The summed E-state index contributed by atoms with van der Waals surface area (Å²) < 4.78 is 10.1. The molecular weight excluding hydrogens is 336 g/mol. The van der Waals surface area contributed by atoms with Crippen LogP contribution >= 0.6 is 0 Å². The van der Waals surface area contributed by atoms with E-state index in [4.69, 9.17) is 15.2 Å². The number of esters is 1. The average molecular weight is 360 g/mol. The molecule has 0 atom stereocenters. The third kappa shape index (κ3) is 6.96. The monoisotopic (exact) mass is 360 g/mol. The molecule has 1 aromatic rings. The fourth-order valence-corrected chi connectivity index (χ4v) is 2.60. The van der Waals surface area contributed by atoms with Crippen molar-refractivity contribution in [3.8, 4) is 5.75 Å². The smallest absolute Gasteiger partial charge is 0.338 e. The first-order valence-corrected chi connectivity index (χ1v) is 8.67. The fourth-order valence-electron chi connectivity index (χ4n) is 2.60. The Balaban J connectivity index is 1.67. The van der Waals surface area contributed by atoms with Crippen molar-refractivity contribution >= 4 is 17.8 Å². The molecule has 1 aliphatic rings. The number of ether oxygens (including phenoxy) is 2. The van der Waals surface area contributed by atoms with Crippen LogP contribution in [0.5, 0.6) is 5.75 Å². The van der Waals surface area contributed by atoms with Crippen molar-refractivity contribution in [1.82, 2.24) is 5.32 Å². The first kappa shape index (κ1) is 19.5. The Morgan fingerprint density at radius 2 is 1.85 bits per heavy atom. The summed E-state index contributed by atoms with van der Waals surface area (Å²) in [6, 6.07) is 6.03. The lowest BCUT2D eigenvalue weighted by molar-refractivity contribution is -0.124. The predicted molar refractivity (Wildman–Crippen MR) is 95.6 cm³/mol. The van der Waals surface area contributed by atoms with E-state index in [1.54, 1.807) is 0 Å². The minimum atomic E-state index is -0.600. The van der Waals surface area contributed by atoms with Crippen LogP contribution in [0.25, 0.3) is 0 Å². The number of primary amides is 1. The van der Waals surface area contributed by atoms with Gasteiger partial charge in [0.1, 0.15) is 5.75 Å². The fraction of sp³-hybridized carbons (Fsp3) is 0.421. The second-order valence-electron chi connectivity index (χ2n) is 6.06. The van der Waals surface area contributed by atoms with Crippen LogP contribution in [0.15, 0.2) is 35.9 Å². The van der Waals surface area contributed by atoms with Gasteiger partial charge in [0.2, 0.25) is 0 Å². The maximum absolute atomic E-state index is 11.9. The van der Waals surface area contributed by atoms with Gasteiger partial charge in [-0.3, -0.25) is 9.59 Å². The summed E-state index contributed by atoms with van der Waals surface area (Å²) in [7, 11) is 0. The lowest BCUT2D eigenvalue weighted by atomic mass is 9.97. The molecule has 0 unspecified atom stereocenters. The lowest BCUT2D eigenvalue weighted by Crippen LogP contribution is -2.29. The van der Waals surface area contributed by atoms with Gasteiger partial charge in [-0.05, 0) is 56.4 Å². The zero-order valence-electron chi connectivity index (χ0n) is 14.7. The molecule has 7 nitrogen and oxygen atoms in total. The lowest BCUT2D eigenvalue weighted by Gasteiger charge is -2.13. The third-order valence-electron chi connectivity index (χ3n) is 3.96. The van der Waals surface area contributed by atoms with Crippen LogP contribution in [0, 0.1) is 0 Å². The highest BCUT2D eigenvalue weighted by Gasteiger charge is 2.11. The molecule has 0 fully saturated rings. The van der Waals surface area contributed by atoms with Gasteiger partial charge in [0.25, 0.3) is 11.8 Å². The van der Waals surface area contributed by atoms with E-state index >= 15 is 0 Å². The highest BCUT2D eigenvalue weighted by Crippen LogP contribution is 2.19. The van der Waals surface area contributed by atoms with E-state index in [2.05, 4.69) is 11.4 Å². The molecule has 2 rings (SSSR count). The van der Waals surface area contributed by atoms with E-state index in [0.717, 1.165) is 19.3 Å². The van der Waals surface area contributed by atoms with E-state index in [1.807, 2.05) is 0 Å². The SMILES string of the molecule is NC(=O)COc1ccc(C(=O)OCC(=O)NCCC2=CCCCC2)cc1. The Morgan fingerprint density at radius 1 is 1.08 bits per heavy atom. The molecule has 0 radical (unpaired) electrons. The predicted octanol–water partition coefficient (Wildman–Crippen LogP) is 1.71. The maximum Gasteiger partial charge on any atom is 0.338 e. The number of nitrogens with one attached hydrogen (secondary N) is 1. The molecule has 1 aliphatic carbocycles. The first-order chi connectivity index (χ1) is 12.5. The van der Waals surface area contributed by atoms with Gasteiger partial charge in [-0.15, -0.1) is 0 Å². The van der Waals surface area contributed by atoms with Gasteiger partial charge in [0, 0.05) is 6.54 Å². The number of carbonyl (C=O) groups is 3. The largest absolute Gasteiger partial charge is 0.484 e. The quantitative estimate of drug-likeness (QED) is 0.515. The van der Waals surface area contributed by atoms with E-state index in [1.165, 1.54) is 42.7 Å². The molecule has 0 heterocycles.